The lowest BCUT2D eigenvalue weighted by Crippen LogP contribution is -2.46. The molecule has 0 aromatic heterocycles. The fraction of sp³-hybridized carbons (Fsp3) is 0.878. The molecule has 0 aliphatic carbocycles. The quantitative estimate of drug-likeness (QED) is 0.0326. The number of aliphatic hydroxyl groups is 2. The second-order valence-corrected chi connectivity index (χ2v) is 16.5. The summed E-state index contributed by atoms with van der Waals surface area (Å²) in [5.74, 6) is -0.597. The number of carbonyl (C=O) groups excluding carboxylic acids is 2. The minimum Gasteiger partial charge on any atom is -0.458 e. The van der Waals surface area contributed by atoms with Crippen molar-refractivity contribution >= 4 is 11.9 Å². The van der Waals surface area contributed by atoms with Crippen molar-refractivity contribution in [2.75, 3.05) is 6.61 Å². The number of ether oxygens (including phenoxy) is 1. The highest BCUT2D eigenvalue weighted by atomic mass is 16.5. The Morgan fingerprint density at radius 2 is 0.964 bits per heavy atom. The number of esters is 1. The highest BCUT2D eigenvalue weighted by Crippen LogP contribution is 2.16. The molecule has 0 heterocycles. The Labute approximate surface area is 341 Å². The molecule has 0 aromatic rings. The zero-order chi connectivity index (χ0) is 40.3. The molecule has 3 unspecified atom stereocenters. The van der Waals surface area contributed by atoms with Gasteiger partial charge in [0.2, 0.25) is 5.91 Å². The van der Waals surface area contributed by atoms with Crippen LogP contribution in [0, 0.1) is 0 Å². The molecule has 3 N–H and O–H groups in total. The zero-order valence-corrected chi connectivity index (χ0v) is 36.8. The summed E-state index contributed by atoms with van der Waals surface area (Å²) in [6, 6.07) is -0.726. The van der Waals surface area contributed by atoms with Crippen LogP contribution in [0.15, 0.2) is 24.3 Å². The lowest BCUT2D eigenvalue weighted by molar-refractivity contribution is -0.148. The Morgan fingerprint density at radius 1 is 0.545 bits per heavy atom. The molecule has 3 atom stereocenters. The van der Waals surface area contributed by atoms with Gasteiger partial charge in [0.1, 0.15) is 6.10 Å². The van der Waals surface area contributed by atoms with Gasteiger partial charge in [-0.25, -0.2) is 0 Å². The molecule has 0 rings (SSSR count). The molecule has 1 amide bonds. The average molecular weight is 776 g/mol. The minimum atomic E-state index is -0.805. The molecule has 0 aliphatic rings. The number of allylic oxidation sites excluding steroid dienone is 3. The zero-order valence-electron chi connectivity index (χ0n) is 36.8. The van der Waals surface area contributed by atoms with Crippen molar-refractivity contribution in [3.8, 4) is 0 Å². The van der Waals surface area contributed by atoms with Crippen LogP contribution >= 0.6 is 0 Å². The van der Waals surface area contributed by atoms with Gasteiger partial charge in [0.15, 0.2) is 0 Å². The Morgan fingerprint density at radius 3 is 1.42 bits per heavy atom. The van der Waals surface area contributed by atoms with Gasteiger partial charge in [-0.2, -0.15) is 0 Å². The number of unbranched alkanes of at least 4 members (excludes halogenated alkanes) is 29. The second-order valence-electron chi connectivity index (χ2n) is 16.5. The molecule has 0 saturated heterocycles. The van der Waals surface area contributed by atoms with Crippen LogP contribution in [0.3, 0.4) is 0 Å². The summed E-state index contributed by atoms with van der Waals surface area (Å²) in [7, 11) is 0. The summed E-state index contributed by atoms with van der Waals surface area (Å²) in [5.41, 5.74) is 0. The Hall–Kier alpha value is -1.66. The van der Waals surface area contributed by atoms with E-state index in [-0.39, 0.29) is 24.9 Å². The topological polar surface area (TPSA) is 95.9 Å². The van der Waals surface area contributed by atoms with Gasteiger partial charge in [0.05, 0.1) is 25.2 Å². The Balaban J connectivity index is 4.53. The average Bonchev–Trinajstić information content (AvgIpc) is 3.18. The van der Waals surface area contributed by atoms with Gasteiger partial charge in [-0.15, -0.1) is 0 Å². The van der Waals surface area contributed by atoms with Crippen molar-refractivity contribution in [3.05, 3.63) is 24.3 Å². The first kappa shape index (κ1) is 53.3. The van der Waals surface area contributed by atoms with Crippen LogP contribution in [-0.2, 0) is 14.3 Å². The van der Waals surface area contributed by atoms with Crippen LogP contribution in [-0.4, -0.2) is 46.9 Å². The molecule has 0 aromatic carbocycles. The number of nitrogens with one attached hydrogen (secondary N) is 1. The maximum atomic E-state index is 13.1. The van der Waals surface area contributed by atoms with E-state index in [1.807, 2.05) is 12.2 Å². The highest BCUT2D eigenvalue weighted by molar-refractivity contribution is 5.78. The molecule has 0 spiro atoms. The summed E-state index contributed by atoms with van der Waals surface area (Å²) in [6.45, 7) is 6.43. The van der Waals surface area contributed by atoms with E-state index in [0.717, 1.165) is 51.4 Å². The van der Waals surface area contributed by atoms with Crippen molar-refractivity contribution in [1.82, 2.24) is 5.32 Å². The summed E-state index contributed by atoms with van der Waals surface area (Å²) in [5, 5.41) is 23.6. The van der Waals surface area contributed by atoms with E-state index in [0.29, 0.717) is 12.8 Å². The van der Waals surface area contributed by atoms with E-state index in [1.54, 1.807) is 0 Å². The van der Waals surface area contributed by atoms with E-state index in [9.17, 15) is 19.8 Å². The number of rotatable bonds is 43. The fourth-order valence-corrected chi connectivity index (χ4v) is 7.34. The largest absolute Gasteiger partial charge is 0.458 e. The standard InChI is InChI=1S/C49H93NO5/c1-4-7-10-13-16-19-21-22-23-24-25-27-30-32-35-38-41-47(52)46(44-51)50-48(53)43-45(40-37-34-31-29-26-20-17-14-11-8-5-2)55-49(54)42-39-36-33-28-18-15-12-9-6-3/h29,31,37,40,45-47,51-52H,4-28,30,32-36,38-39,41-44H2,1-3H3,(H,50,53)/b31-29-,40-37+. The predicted octanol–water partition coefficient (Wildman–Crippen LogP) is 14.0. The molecular formula is C49H93NO5. The van der Waals surface area contributed by atoms with Crippen molar-refractivity contribution in [3.63, 3.8) is 0 Å². The number of carbonyl (C=O) groups is 2. The van der Waals surface area contributed by atoms with E-state index in [4.69, 9.17) is 4.74 Å². The monoisotopic (exact) mass is 776 g/mol. The number of aliphatic hydroxyl groups excluding tert-OH is 2. The van der Waals surface area contributed by atoms with Crippen LogP contribution < -0.4 is 5.32 Å². The molecule has 0 radical (unpaired) electrons. The van der Waals surface area contributed by atoms with Crippen molar-refractivity contribution in [1.29, 1.82) is 0 Å². The van der Waals surface area contributed by atoms with Crippen LogP contribution in [0.5, 0.6) is 0 Å². The third-order valence-electron chi connectivity index (χ3n) is 11.0. The molecular weight excluding hydrogens is 683 g/mol. The molecule has 0 saturated carbocycles. The van der Waals surface area contributed by atoms with Crippen molar-refractivity contribution < 1.29 is 24.5 Å². The summed E-state index contributed by atoms with van der Waals surface area (Å²) < 4.78 is 5.79. The van der Waals surface area contributed by atoms with Gasteiger partial charge in [0, 0.05) is 6.42 Å². The smallest absolute Gasteiger partial charge is 0.306 e. The third kappa shape index (κ3) is 39.0. The van der Waals surface area contributed by atoms with Gasteiger partial charge < -0.3 is 20.3 Å². The van der Waals surface area contributed by atoms with Gasteiger partial charge in [-0.05, 0) is 38.2 Å². The maximum absolute atomic E-state index is 13.1. The SMILES string of the molecule is CCCCCCCC/C=C\C/C=C/C(CC(=O)NC(CO)C(O)CCCCCCCCCCCCCCCCCC)OC(=O)CCCCCCCCCCC. The van der Waals surface area contributed by atoms with E-state index < -0.39 is 18.2 Å². The predicted molar refractivity (Wildman–Crippen MR) is 236 cm³/mol. The molecule has 0 bridgehead atoms. The van der Waals surface area contributed by atoms with E-state index in [2.05, 4.69) is 38.2 Å². The lowest BCUT2D eigenvalue weighted by atomic mass is 10.0. The van der Waals surface area contributed by atoms with E-state index in [1.165, 1.54) is 161 Å². The molecule has 6 nitrogen and oxygen atoms in total. The normalized spacial score (nSPS) is 13.5. The fourth-order valence-electron chi connectivity index (χ4n) is 7.34. The maximum Gasteiger partial charge on any atom is 0.306 e. The number of hydrogen-bond donors (Lipinski definition) is 3. The summed E-state index contributed by atoms with van der Waals surface area (Å²) in [4.78, 5) is 25.9. The van der Waals surface area contributed by atoms with E-state index >= 15 is 0 Å². The summed E-state index contributed by atoms with van der Waals surface area (Å²) >= 11 is 0. The number of hydrogen-bond acceptors (Lipinski definition) is 5. The first-order valence-corrected chi connectivity index (χ1v) is 24.1. The van der Waals surface area contributed by atoms with Crippen LogP contribution in [0.25, 0.3) is 0 Å². The number of amides is 1. The van der Waals surface area contributed by atoms with Gasteiger partial charge in [-0.1, -0.05) is 225 Å². The second kappa shape index (κ2) is 43.5. The molecule has 6 heteroatoms. The Bertz CT molecular complexity index is 873. The first-order valence-electron chi connectivity index (χ1n) is 24.1. The highest BCUT2D eigenvalue weighted by Gasteiger charge is 2.23. The third-order valence-corrected chi connectivity index (χ3v) is 11.0. The Kier molecular flexibility index (Phi) is 42.2. The first-order chi connectivity index (χ1) is 27.0. The van der Waals surface area contributed by atoms with Crippen LogP contribution in [0.4, 0.5) is 0 Å². The van der Waals surface area contributed by atoms with Crippen molar-refractivity contribution in [2.45, 2.75) is 270 Å². The molecule has 55 heavy (non-hydrogen) atoms. The van der Waals surface area contributed by atoms with Gasteiger partial charge >= 0.3 is 5.97 Å². The van der Waals surface area contributed by atoms with Crippen LogP contribution in [0.1, 0.15) is 252 Å². The van der Waals surface area contributed by atoms with Gasteiger partial charge in [0.25, 0.3) is 0 Å². The van der Waals surface area contributed by atoms with Gasteiger partial charge in [-0.3, -0.25) is 9.59 Å². The lowest BCUT2D eigenvalue weighted by Gasteiger charge is -2.23. The van der Waals surface area contributed by atoms with Crippen molar-refractivity contribution in [2.24, 2.45) is 0 Å². The minimum absolute atomic E-state index is 0.0241. The molecule has 324 valence electrons. The summed E-state index contributed by atoms with van der Waals surface area (Å²) in [6.07, 6.45) is 48.4. The van der Waals surface area contributed by atoms with Crippen LogP contribution in [0.2, 0.25) is 0 Å². The molecule has 0 aliphatic heterocycles. The molecule has 0 fully saturated rings.